The maximum atomic E-state index is 11.7. The Kier molecular flexibility index (Phi) is 5.09. The first-order valence-electron chi connectivity index (χ1n) is 5.92. The van der Waals surface area contributed by atoms with Crippen molar-refractivity contribution in [2.24, 2.45) is 0 Å². The summed E-state index contributed by atoms with van der Waals surface area (Å²) in [5, 5.41) is 11.6. The van der Waals surface area contributed by atoms with Crippen LogP contribution in [0.3, 0.4) is 0 Å². The maximum Gasteiger partial charge on any atom is 0.412 e. The highest BCUT2D eigenvalue weighted by Crippen LogP contribution is 2.21. The predicted molar refractivity (Wildman–Crippen MR) is 78.1 cm³/mol. The first kappa shape index (κ1) is 14.5. The SMILES string of the molecule is O=C(Nc1cc(CO)cnc1Br)OCc1ccccc1. The highest BCUT2D eigenvalue weighted by atomic mass is 79.9. The van der Waals surface area contributed by atoms with E-state index in [1.807, 2.05) is 30.3 Å². The number of nitrogens with one attached hydrogen (secondary N) is 1. The Morgan fingerprint density at radius 3 is 2.75 bits per heavy atom. The number of halogens is 1. The van der Waals surface area contributed by atoms with Gasteiger partial charge in [-0.3, -0.25) is 5.32 Å². The summed E-state index contributed by atoms with van der Waals surface area (Å²) in [5.41, 5.74) is 1.96. The molecule has 5 nitrogen and oxygen atoms in total. The standard InChI is InChI=1S/C14H13BrN2O3/c15-13-12(6-11(8-18)7-16-13)17-14(19)20-9-10-4-2-1-3-5-10/h1-7,18H,8-9H2,(H,17,19). The summed E-state index contributed by atoms with van der Waals surface area (Å²) in [4.78, 5) is 15.7. The summed E-state index contributed by atoms with van der Waals surface area (Å²) in [6, 6.07) is 11.0. The summed E-state index contributed by atoms with van der Waals surface area (Å²) in [6.45, 7) is 0.0471. The Balaban J connectivity index is 1.94. The van der Waals surface area contributed by atoms with Crippen molar-refractivity contribution in [1.29, 1.82) is 0 Å². The highest BCUT2D eigenvalue weighted by Gasteiger charge is 2.08. The molecule has 0 saturated carbocycles. The third-order valence-corrected chi connectivity index (χ3v) is 3.16. The average Bonchev–Trinajstić information content (AvgIpc) is 2.48. The topological polar surface area (TPSA) is 71.5 Å². The molecule has 0 aliphatic carbocycles. The number of anilines is 1. The lowest BCUT2D eigenvalue weighted by Crippen LogP contribution is -2.14. The van der Waals surface area contributed by atoms with Crippen LogP contribution in [0.25, 0.3) is 0 Å². The van der Waals surface area contributed by atoms with Gasteiger partial charge in [-0.2, -0.15) is 0 Å². The zero-order valence-electron chi connectivity index (χ0n) is 10.5. The van der Waals surface area contributed by atoms with Crippen LogP contribution in [0.5, 0.6) is 0 Å². The van der Waals surface area contributed by atoms with Crippen LogP contribution in [0.15, 0.2) is 47.2 Å². The molecule has 0 atom stereocenters. The summed E-state index contributed by atoms with van der Waals surface area (Å²) in [7, 11) is 0. The third kappa shape index (κ3) is 4.04. The van der Waals surface area contributed by atoms with Crippen LogP contribution in [-0.2, 0) is 18.0 Å². The van der Waals surface area contributed by atoms with Crippen molar-refractivity contribution in [2.45, 2.75) is 13.2 Å². The molecule has 0 aliphatic heterocycles. The van der Waals surface area contributed by atoms with Gasteiger partial charge < -0.3 is 9.84 Å². The van der Waals surface area contributed by atoms with Crippen LogP contribution >= 0.6 is 15.9 Å². The van der Waals surface area contributed by atoms with Crippen LogP contribution in [0.1, 0.15) is 11.1 Å². The van der Waals surface area contributed by atoms with E-state index >= 15 is 0 Å². The summed E-state index contributed by atoms with van der Waals surface area (Å²) in [6.07, 6.45) is 0.941. The lowest BCUT2D eigenvalue weighted by atomic mass is 10.2. The van der Waals surface area contributed by atoms with Crippen molar-refractivity contribution in [2.75, 3.05) is 5.32 Å². The summed E-state index contributed by atoms with van der Waals surface area (Å²) in [5.74, 6) is 0. The van der Waals surface area contributed by atoms with Crippen molar-refractivity contribution < 1.29 is 14.6 Å². The Hall–Kier alpha value is -1.92. The number of aromatic nitrogens is 1. The van der Waals surface area contributed by atoms with Crippen LogP contribution < -0.4 is 5.32 Å². The van der Waals surface area contributed by atoms with E-state index in [9.17, 15) is 4.79 Å². The van der Waals surface area contributed by atoms with Gasteiger partial charge in [0.1, 0.15) is 11.2 Å². The van der Waals surface area contributed by atoms with Crippen LogP contribution in [0.4, 0.5) is 10.5 Å². The molecule has 0 bridgehead atoms. The molecular weight excluding hydrogens is 324 g/mol. The van der Waals surface area contributed by atoms with Gasteiger partial charge in [-0.1, -0.05) is 30.3 Å². The quantitative estimate of drug-likeness (QED) is 0.841. The first-order valence-corrected chi connectivity index (χ1v) is 6.71. The number of carbonyl (C=O) groups excluding carboxylic acids is 1. The van der Waals surface area contributed by atoms with Crippen molar-refractivity contribution in [1.82, 2.24) is 4.98 Å². The van der Waals surface area contributed by atoms with E-state index < -0.39 is 6.09 Å². The van der Waals surface area contributed by atoms with Crippen molar-refractivity contribution in [3.05, 3.63) is 58.3 Å². The predicted octanol–water partition coefficient (Wildman–Crippen LogP) is 3.09. The Labute approximate surface area is 124 Å². The van der Waals surface area contributed by atoms with E-state index in [0.717, 1.165) is 5.56 Å². The minimum atomic E-state index is -0.577. The first-order chi connectivity index (χ1) is 9.69. The number of hydrogen-bond acceptors (Lipinski definition) is 4. The third-order valence-electron chi connectivity index (χ3n) is 2.53. The molecule has 0 spiro atoms. The number of pyridine rings is 1. The van der Waals surface area contributed by atoms with Gasteiger partial charge in [0, 0.05) is 6.20 Å². The van der Waals surface area contributed by atoms with Crippen molar-refractivity contribution >= 4 is 27.7 Å². The number of aliphatic hydroxyl groups excluding tert-OH is 1. The molecular formula is C14H13BrN2O3. The van der Waals surface area contributed by atoms with Gasteiger partial charge in [0.2, 0.25) is 0 Å². The fourth-order valence-electron chi connectivity index (χ4n) is 1.53. The van der Waals surface area contributed by atoms with E-state index in [2.05, 4.69) is 26.2 Å². The van der Waals surface area contributed by atoms with E-state index in [-0.39, 0.29) is 13.2 Å². The van der Waals surface area contributed by atoms with Gasteiger partial charge in [-0.15, -0.1) is 0 Å². The molecule has 1 heterocycles. The summed E-state index contributed by atoms with van der Waals surface area (Å²) >= 11 is 3.22. The fourth-order valence-corrected chi connectivity index (χ4v) is 1.85. The molecule has 1 amide bonds. The zero-order chi connectivity index (χ0) is 14.4. The normalized spacial score (nSPS) is 10.1. The number of rotatable bonds is 4. The number of hydrogen-bond donors (Lipinski definition) is 2. The Morgan fingerprint density at radius 2 is 2.05 bits per heavy atom. The average molecular weight is 337 g/mol. The molecule has 2 N–H and O–H groups in total. The van der Waals surface area contributed by atoms with Gasteiger partial charge in [0.15, 0.2) is 0 Å². The number of ether oxygens (including phenoxy) is 1. The van der Waals surface area contributed by atoms with Gasteiger partial charge in [-0.05, 0) is 33.1 Å². The molecule has 1 aromatic carbocycles. The number of aliphatic hydroxyl groups is 1. The molecule has 1 aromatic heterocycles. The number of benzene rings is 1. The van der Waals surface area contributed by atoms with Crippen LogP contribution in [-0.4, -0.2) is 16.2 Å². The summed E-state index contributed by atoms with van der Waals surface area (Å²) < 4.78 is 5.58. The fraction of sp³-hybridized carbons (Fsp3) is 0.143. The molecule has 0 fully saturated rings. The largest absolute Gasteiger partial charge is 0.444 e. The lowest BCUT2D eigenvalue weighted by Gasteiger charge is -2.09. The number of amides is 1. The number of carbonyl (C=O) groups is 1. The maximum absolute atomic E-state index is 11.7. The lowest BCUT2D eigenvalue weighted by molar-refractivity contribution is 0.155. The molecule has 2 aromatic rings. The second-order valence-corrected chi connectivity index (χ2v) is 4.78. The Morgan fingerprint density at radius 1 is 1.30 bits per heavy atom. The van der Waals surface area contributed by atoms with Crippen LogP contribution in [0.2, 0.25) is 0 Å². The van der Waals surface area contributed by atoms with Crippen molar-refractivity contribution in [3.63, 3.8) is 0 Å². The van der Waals surface area contributed by atoms with Gasteiger partial charge in [0.25, 0.3) is 0 Å². The molecule has 0 aliphatic rings. The second kappa shape index (κ2) is 7.02. The van der Waals surface area contributed by atoms with E-state index in [1.165, 1.54) is 6.20 Å². The monoisotopic (exact) mass is 336 g/mol. The van der Waals surface area contributed by atoms with Gasteiger partial charge in [0.05, 0.1) is 12.3 Å². The molecule has 0 unspecified atom stereocenters. The van der Waals surface area contributed by atoms with E-state index in [4.69, 9.17) is 9.84 Å². The van der Waals surface area contributed by atoms with Crippen LogP contribution in [0, 0.1) is 0 Å². The smallest absolute Gasteiger partial charge is 0.412 e. The molecule has 6 heteroatoms. The second-order valence-electron chi connectivity index (χ2n) is 4.03. The minimum absolute atomic E-state index is 0.145. The molecule has 20 heavy (non-hydrogen) atoms. The molecule has 104 valence electrons. The minimum Gasteiger partial charge on any atom is -0.444 e. The zero-order valence-corrected chi connectivity index (χ0v) is 12.1. The Bertz CT molecular complexity index is 590. The molecule has 0 saturated heterocycles. The van der Waals surface area contributed by atoms with Gasteiger partial charge in [-0.25, -0.2) is 9.78 Å². The molecule has 0 radical (unpaired) electrons. The van der Waals surface area contributed by atoms with Crippen molar-refractivity contribution in [3.8, 4) is 0 Å². The molecule has 2 rings (SSSR count). The van der Waals surface area contributed by atoms with Gasteiger partial charge >= 0.3 is 6.09 Å². The number of nitrogens with zero attached hydrogens (tertiary/aromatic N) is 1. The highest BCUT2D eigenvalue weighted by molar-refractivity contribution is 9.10. The van der Waals surface area contributed by atoms with E-state index in [1.54, 1.807) is 6.07 Å². The van der Waals surface area contributed by atoms with E-state index in [0.29, 0.717) is 15.9 Å².